The molecule has 3 N–H and O–H groups in total. The summed E-state index contributed by atoms with van der Waals surface area (Å²) in [5.41, 5.74) is 1.32. The molecule has 0 radical (unpaired) electrons. The van der Waals surface area contributed by atoms with E-state index in [9.17, 15) is 15.0 Å². The van der Waals surface area contributed by atoms with E-state index in [2.05, 4.69) is 5.32 Å². The fourth-order valence-electron chi connectivity index (χ4n) is 3.89. The minimum Gasteiger partial charge on any atom is -0.507 e. The van der Waals surface area contributed by atoms with Crippen LogP contribution in [0.1, 0.15) is 27.0 Å². The molecule has 0 fully saturated rings. The summed E-state index contributed by atoms with van der Waals surface area (Å²) in [4.78, 5) is 14.7. The number of hydrogen-bond donors (Lipinski definition) is 3. The van der Waals surface area contributed by atoms with Crippen molar-refractivity contribution < 1.29 is 19.7 Å². The number of nitrogens with zero attached hydrogens (tertiary/aromatic N) is 1. The van der Waals surface area contributed by atoms with E-state index in [0.717, 1.165) is 5.69 Å². The number of cyclic esters (lactones) is 1. The van der Waals surface area contributed by atoms with E-state index in [0.29, 0.717) is 33.0 Å². The fraction of sp³-hybridized carbons (Fsp3) is 0.174. The van der Waals surface area contributed by atoms with Crippen LogP contribution < -0.4 is 10.2 Å². The number of benzene rings is 3. The zero-order valence-electron chi connectivity index (χ0n) is 16.7. The van der Waals surface area contributed by atoms with Gasteiger partial charge in [0.2, 0.25) is 0 Å². The van der Waals surface area contributed by atoms with Crippen molar-refractivity contribution in [3.63, 3.8) is 0 Å². The standard InChI is InChI=1S/C23H21ClN2O4/c1-25-19-11-17(21(28)12-18(19)24)23(15-7-5-4-6-14(15)22(29)30-23)16-9-8-13(26(2)3)10-20(16)27/h4-12,25,27-28H,1-3H3. The molecule has 4 rings (SSSR count). The summed E-state index contributed by atoms with van der Waals surface area (Å²) in [6.45, 7) is 0. The van der Waals surface area contributed by atoms with Gasteiger partial charge in [-0.1, -0.05) is 29.8 Å². The van der Waals surface area contributed by atoms with Gasteiger partial charge in [-0.05, 0) is 24.3 Å². The smallest absolute Gasteiger partial charge is 0.340 e. The van der Waals surface area contributed by atoms with Crippen LogP contribution in [0.25, 0.3) is 0 Å². The number of carbonyl (C=O) groups is 1. The van der Waals surface area contributed by atoms with Crippen molar-refractivity contribution in [1.82, 2.24) is 0 Å². The monoisotopic (exact) mass is 424 g/mol. The molecule has 1 atom stereocenters. The molecular formula is C23H21ClN2O4. The first-order valence-corrected chi connectivity index (χ1v) is 9.71. The number of hydrogen-bond acceptors (Lipinski definition) is 6. The van der Waals surface area contributed by atoms with Crippen LogP contribution >= 0.6 is 11.6 Å². The lowest BCUT2D eigenvalue weighted by molar-refractivity contribution is 0.0240. The third-order valence-electron chi connectivity index (χ3n) is 5.38. The van der Waals surface area contributed by atoms with Crippen molar-refractivity contribution in [3.8, 4) is 11.5 Å². The number of esters is 1. The van der Waals surface area contributed by atoms with Gasteiger partial charge in [-0.2, -0.15) is 0 Å². The SMILES string of the molecule is CNc1cc(C2(c3ccc(N(C)C)cc3O)OC(=O)c3ccccc32)c(O)cc1Cl. The summed E-state index contributed by atoms with van der Waals surface area (Å²) in [6, 6.07) is 15.1. The molecule has 0 bridgehead atoms. The highest BCUT2D eigenvalue weighted by atomic mass is 35.5. The molecule has 0 saturated carbocycles. The summed E-state index contributed by atoms with van der Waals surface area (Å²) in [5, 5.41) is 25.1. The molecule has 0 aliphatic carbocycles. The second kappa shape index (κ2) is 7.15. The van der Waals surface area contributed by atoms with Crippen molar-refractivity contribution in [2.24, 2.45) is 0 Å². The van der Waals surface area contributed by atoms with Crippen LogP contribution in [0.2, 0.25) is 5.02 Å². The van der Waals surface area contributed by atoms with Gasteiger partial charge in [-0.25, -0.2) is 4.79 Å². The lowest BCUT2D eigenvalue weighted by atomic mass is 9.78. The Bertz CT molecular complexity index is 1160. The third-order valence-corrected chi connectivity index (χ3v) is 5.70. The number of rotatable bonds is 4. The van der Waals surface area contributed by atoms with E-state index in [1.807, 2.05) is 25.1 Å². The molecule has 6 nitrogen and oxygen atoms in total. The first-order valence-electron chi connectivity index (χ1n) is 9.34. The van der Waals surface area contributed by atoms with E-state index in [4.69, 9.17) is 16.3 Å². The number of ether oxygens (including phenoxy) is 1. The molecule has 7 heteroatoms. The predicted molar refractivity (Wildman–Crippen MR) is 117 cm³/mol. The highest BCUT2D eigenvalue weighted by molar-refractivity contribution is 6.33. The van der Waals surface area contributed by atoms with Gasteiger partial charge in [0.25, 0.3) is 0 Å². The molecule has 1 heterocycles. The largest absolute Gasteiger partial charge is 0.507 e. The van der Waals surface area contributed by atoms with E-state index >= 15 is 0 Å². The number of aromatic hydroxyl groups is 2. The third kappa shape index (κ3) is 2.83. The molecule has 3 aromatic rings. The number of phenolic OH excluding ortho intramolecular Hbond substituents is 2. The number of fused-ring (bicyclic) bond motifs is 1. The second-order valence-corrected chi connectivity index (χ2v) is 7.72. The van der Waals surface area contributed by atoms with Gasteiger partial charge in [-0.3, -0.25) is 0 Å². The van der Waals surface area contributed by atoms with Crippen molar-refractivity contribution in [3.05, 3.63) is 81.9 Å². The Balaban J connectivity index is 2.09. The van der Waals surface area contributed by atoms with Gasteiger partial charge in [0.1, 0.15) is 11.5 Å². The number of halogens is 1. The van der Waals surface area contributed by atoms with Crippen molar-refractivity contribution >= 4 is 28.9 Å². The number of phenols is 2. The minimum atomic E-state index is -1.54. The maximum Gasteiger partial charge on any atom is 0.340 e. The van der Waals surface area contributed by atoms with Gasteiger partial charge in [0, 0.05) is 55.7 Å². The molecule has 1 aliphatic rings. The highest BCUT2D eigenvalue weighted by Crippen LogP contribution is 2.53. The average molecular weight is 425 g/mol. The Labute approximate surface area is 179 Å². The first kappa shape index (κ1) is 19.9. The average Bonchev–Trinajstić information content (AvgIpc) is 3.01. The number of carbonyl (C=O) groups excluding carboxylic acids is 1. The number of nitrogens with one attached hydrogen (secondary N) is 1. The Kier molecular flexibility index (Phi) is 4.74. The molecule has 1 unspecified atom stereocenters. The van der Waals surface area contributed by atoms with Crippen LogP contribution in [-0.4, -0.2) is 37.3 Å². The van der Waals surface area contributed by atoms with E-state index < -0.39 is 11.6 Å². The molecule has 3 aromatic carbocycles. The van der Waals surface area contributed by atoms with E-state index in [-0.39, 0.29) is 11.5 Å². The van der Waals surface area contributed by atoms with Crippen LogP contribution in [0.4, 0.5) is 11.4 Å². The molecule has 1 aliphatic heterocycles. The lowest BCUT2D eigenvalue weighted by Crippen LogP contribution is -2.30. The second-order valence-electron chi connectivity index (χ2n) is 7.31. The summed E-state index contributed by atoms with van der Waals surface area (Å²) < 4.78 is 5.95. The maximum absolute atomic E-state index is 12.8. The topological polar surface area (TPSA) is 82.0 Å². The molecular weight excluding hydrogens is 404 g/mol. The van der Waals surface area contributed by atoms with Crippen LogP contribution in [0.5, 0.6) is 11.5 Å². The van der Waals surface area contributed by atoms with Gasteiger partial charge >= 0.3 is 5.97 Å². The first-order chi connectivity index (χ1) is 14.3. The van der Waals surface area contributed by atoms with Gasteiger partial charge in [-0.15, -0.1) is 0 Å². The molecule has 30 heavy (non-hydrogen) atoms. The van der Waals surface area contributed by atoms with Crippen molar-refractivity contribution in [1.29, 1.82) is 0 Å². The van der Waals surface area contributed by atoms with Gasteiger partial charge in [0.15, 0.2) is 5.60 Å². The van der Waals surface area contributed by atoms with E-state index in [1.54, 1.807) is 49.5 Å². The maximum atomic E-state index is 12.8. The molecule has 0 spiro atoms. The Hall–Kier alpha value is -3.38. The summed E-state index contributed by atoms with van der Waals surface area (Å²) in [7, 11) is 5.42. The van der Waals surface area contributed by atoms with Crippen LogP contribution in [0.3, 0.4) is 0 Å². The fourth-order valence-corrected chi connectivity index (χ4v) is 4.15. The summed E-state index contributed by atoms with van der Waals surface area (Å²) in [6.07, 6.45) is 0. The molecule has 0 amide bonds. The molecule has 0 aromatic heterocycles. The normalized spacial score (nSPS) is 17.4. The van der Waals surface area contributed by atoms with Gasteiger partial charge < -0.3 is 25.2 Å². The summed E-state index contributed by atoms with van der Waals surface area (Å²) in [5.74, 6) is -0.757. The Morgan fingerprint density at radius 3 is 2.33 bits per heavy atom. The Morgan fingerprint density at radius 2 is 1.67 bits per heavy atom. The van der Waals surface area contributed by atoms with Gasteiger partial charge in [0.05, 0.1) is 16.3 Å². The van der Waals surface area contributed by atoms with Crippen LogP contribution in [0.15, 0.2) is 54.6 Å². The molecule has 0 saturated heterocycles. The van der Waals surface area contributed by atoms with Crippen molar-refractivity contribution in [2.75, 3.05) is 31.4 Å². The van der Waals surface area contributed by atoms with E-state index in [1.165, 1.54) is 6.07 Å². The lowest BCUT2D eigenvalue weighted by Gasteiger charge is -2.32. The van der Waals surface area contributed by atoms with Crippen LogP contribution in [-0.2, 0) is 10.3 Å². The highest BCUT2D eigenvalue weighted by Gasteiger charge is 2.51. The minimum absolute atomic E-state index is 0.0638. The predicted octanol–water partition coefficient (Wildman–Crippen LogP) is 4.32. The zero-order valence-corrected chi connectivity index (χ0v) is 17.5. The van der Waals surface area contributed by atoms with Crippen LogP contribution in [0, 0.1) is 0 Å². The Morgan fingerprint density at radius 1 is 0.967 bits per heavy atom. The zero-order chi connectivity index (χ0) is 21.6. The quantitative estimate of drug-likeness (QED) is 0.427. The molecule has 154 valence electrons. The summed E-state index contributed by atoms with van der Waals surface area (Å²) >= 11 is 6.23. The number of anilines is 2. The van der Waals surface area contributed by atoms with Crippen molar-refractivity contribution in [2.45, 2.75) is 5.60 Å².